The number of imidazole rings is 1. The number of hydrogen-bond acceptors (Lipinski definition) is 6. The molecular weight excluding hydrogens is 448 g/mol. The molecule has 0 aliphatic carbocycles. The third-order valence-electron chi connectivity index (χ3n) is 5.83. The lowest BCUT2D eigenvalue weighted by molar-refractivity contribution is -0.129. The molecule has 10 nitrogen and oxygen atoms in total. The number of carboxylic acids is 1. The zero-order valence-corrected chi connectivity index (χ0v) is 19.7. The van der Waals surface area contributed by atoms with Crippen LogP contribution < -0.4 is 16.7 Å². The molecule has 2 N–H and O–H groups in total. The third-order valence-corrected chi connectivity index (χ3v) is 5.83. The maximum absolute atomic E-state index is 13.0. The number of aromatic nitrogens is 4. The fourth-order valence-electron chi connectivity index (χ4n) is 3.89. The molecule has 0 atom stereocenters. The smallest absolute Gasteiger partial charge is 0.356 e. The number of aliphatic carboxylic acids is 1. The first kappa shape index (κ1) is 23.7. The van der Waals surface area contributed by atoms with Gasteiger partial charge in [-0.15, -0.1) is 0 Å². The molecule has 0 aliphatic rings. The maximum atomic E-state index is 13.0. The molecule has 0 saturated heterocycles. The van der Waals surface area contributed by atoms with E-state index in [1.165, 1.54) is 18.7 Å². The van der Waals surface area contributed by atoms with E-state index in [1.807, 2.05) is 37.3 Å². The number of aryl methyl sites for hydroxylation is 4. The molecule has 2 aromatic carbocycles. The summed E-state index contributed by atoms with van der Waals surface area (Å²) >= 11 is 0. The Balaban J connectivity index is 1.76. The van der Waals surface area contributed by atoms with Gasteiger partial charge in [0.15, 0.2) is 16.9 Å². The van der Waals surface area contributed by atoms with Crippen LogP contribution in [0.2, 0.25) is 0 Å². The van der Waals surface area contributed by atoms with E-state index < -0.39 is 17.2 Å². The van der Waals surface area contributed by atoms with Gasteiger partial charge in [0.1, 0.15) is 0 Å². The topological polar surface area (TPSA) is 124 Å². The number of fused-ring (bicyclic) bond motifs is 1. The molecule has 4 aromatic rings. The van der Waals surface area contributed by atoms with Gasteiger partial charge in [0.25, 0.3) is 5.56 Å². The predicted molar refractivity (Wildman–Crippen MR) is 134 cm³/mol. The Labute approximate surface area is 200 Å². The highest BCUT2D eigenvalue weighted by molar-refractivity contribution is 6.42. The molecule has 4 rings (SSSR count). The number of carboxylic acid groups (broad SMARTS) is 1. The number of anilines is 1. The van der Waals surface area contributed by atoms with Gasteiger partial charge in [-0.25, -0.2) is 15.0 Å². The lowest BCUT2D eigenvalue weighted by atomic mass is 10.1. The Kier molecular flexibility index (Phi) is 6.63. The number of rotatable bonds is 8. The van der Waals surface area contributed by atoms with Crippen LogP contribution in [-0.2, 0) is 31.9 Å². The van der Waals surface area contributed by atoms with Crippen molar-refractivity contribution in [1.82, 2.24) is 18.7 Å². The van der Waals surface area contributed by atoms with E-state index in [4.69, 9.17) is 0 Å². The van der Waals surface area contributed by atoms with Crippen molar-refractivity contribution in [3.63, 3.8) is 0 Å². The monoisotopic (exact) mass is 474 g/mol. The lowest BCUT2D eigenvalue weighted by Crippen LogP contribution is -2.37. The van der Waals surface area contributed by atoms with Crippen molar-refractivity contribution in [1.29, 1.82) is 0 Å². The van der Waals surface area contributed by atoms with Crippen molar-refractivity contribution < 1.29 is 9.90 Å². The average molecular weight is 475 g/mol. The quantitative estimate of drug-likeness (QED) is 0.298. The molecule has 180 valence electrons. The Bertz CT molecular complexity index is 1530. The van der Waals surface area contributed by atoms with Crippen LogP contribution in [0.25, 0.3) is 11.2 Å². The highest BCUT2D eigenvalue weighted by Crippen LogP contribution is 2.18. The van der Waals surface area contributed by atoms with Crippen molar-refractivity contribution in [3.05, 3.63) is 92.1 Å². The Hall–Kier alpha value is -4.47. The summed E-state index contributed by atoms with van der Waals surface area (Å²) in [6.45, 7) is 2.31. The molecule has 0 spiro atoms. The molecule has 0 radical (unpaired) electrons. The van der Waals surface area contributed by atoms with Gasteiger partial charge in [-0.1, -0.05) is 60.2 Å². The standard InChI is InChI=1S/C25H26N6O4/c1-16-11-13-18(14-12-16)19(23(33)34)27-28-24-26-21-20(22(32)30(3)25(35)29(21)2)31(24)15-7-10-17-8-5-4-6-9-17/h4-6,8-9,11-14H,7,10,15H2,1-3H3,(H,26,28)(H,33,34). The summed E-state index contributed by atoms with van der Waals surface area (Å²) in [5.74, 6) is -1.03. The number of hydrogen-bond donors (Lipinski definition) is 2. The van der Waals surface area contributed by atoms with Gasteiger partial charge >= 0.3 is 11.7 Å². The fourth-order valence-corrected chi connectivity index (χ4v) is 3.89. The molecule has 35 heavy (non-hydrogen) atoms. The summed E-state index contributed by atoms with van der Waals surface area (Å²) in [5, 5.41) is 13.8. The van der Waals surface area contributed by atoms with E-state index in [0.717, 1.165) is 22.1 Å². The molecule has 0 aliphatic heterocycles. The highest BCUT2D eigenvalue weighted by Gasteiger charge is 2.20. The summed E-state index contributed by atoms with van der Waals surface area (Å²) in [7, 11) is 2.95. The van der Waals surface area contributed by atoms with Crippen LogP contribution >= 0.6 is 0 Å². The second-order valence-electron chi connectivity index (χ2n) is 8.30. The lowest BCUT2D eigenvalue weighted by Gasteiger charge is -2.10. The van der Waals surface area contributed by atoms with Crippen LogP contribution in [0.5, 0.6) is 0 Å². The van der Waals surface area contributed by atoms with Crippen LogP contribution in [0.1, 0.15) is 23.1 Å². The minimum atomic E-state index is -1.21. The van der Waals surface area contributed by atoms with Crippen LogP contribution in [0.3, 0.4) is 0 Å². The largest absolute Gasteiger partial charge is 0.476 e. The average Bonchev–Trinajstić information content (AvgIpc) is 3.21. The third kappa shape index (κ3) is 4.77. The van der Waals surface area contributed by atoms with Crippen LogP contribution in [-0.4, -0.2) is 35.5 Å². The number of benzene rings is 2. The van der Waals surface area contributed by atoms with Crippen molar-refractivity contribution >= 4 is 28.8 Å². The molecule has 2 heterocycles. The Morgan fingerprint density at radius 2 is 1.71 bits per heavy atom. The van der Waals surface area contributed by atoms with E-state index >= 15 is 0 Å². The van der Waals surface area contributed by atoms with E-state index in [1.54, 1.807) is 28.8 Å². The van der Waals surface area contributed by atoms with Crippen molar-refractivity contribution in [2.45, 2.75) is 26.3 Å². The van der Waals surface area contributed by atoms with Gasteiger partial charge in [-0.2, -0.15) is 10.1 Å². The second-order valence-corrected chi connectivity index (χ2v) is 8.30. The first-order valence-electron chi connectivity index (χ1n) is 11.1. The summed E-state index contributed by atoms with van der Waals surface area (Å²) in [5.41, 5.74) is 4.55. The van der Waals surface area contributed by atoms with Gasteiger partial charge in [0.2, 0.25) is 5.95 Å². The maximum Gasteiger partial charge on any atom is 0.356 e. The summed E-state index contributed by atoms with van der Waals surface area (Å²) < 4.78 is 3.97. The van der Waals surface area contributed by atoms with Gasteiger partial charge in [-0.05, 0) is 25.3 Å². The minimum Gasteiger partial charge on any atom is -0.476 e. The zero-order chi connectivity index (χ0) is 25.1. The molecule has 2 aromatic heterocycles. The van der Waals surface area contributed by atoms with Crippen molar-refractivity contribution in [2.75, 3.05) is 5.43 Å². The van der Waals surface area contributed by atoms with Gasteiger partial charge in [0, 0.05) is 26.2 Å². The van der Waals surface area contributed by atoms with E-state index in [-0.39, 0.29) is 22.8 Å². The molecule has 10 heteroatoms. The molecule has 0 saturated carbocycles. The summed E-state index contributed by atoms with van der Waals surface area (Å²) in [6, 6.07) is 16.9. The van der Waals surface area contributed by atoms with Gasteiger partial charge < -0.3 is 9.67 Å². The Morgan fingerprint density at radius 3 is 2.37 bits per heavy atom. The van der Waals surface area contributed by atoms with Crippen LogP contribution in [0, 0.1) is 6.92 Å². The molecular formula is C25H26N6O4. The molecule has 0 fully saturated rings. The Morgan fingerprint density at radius 1 is 1.03 bits per heavy atom. The van der Waals surface area contributed by atoms with E-state index in [2.05, 4.69) is 15.5 Å². The van der Waals surface area contributed by atoms with Gasteiger partial charge in [0.05, 0.1) is 0 Å². The fraction of sp³-hybridized carbons (Fsp3) is 0.240. The van der Waals surface area contributed by atoms with Crippen LogP contribution in [0.15, 0.2) is 69.3 Å². The summed E-state index contributed by atoms with van der Waals surface area (Å²) in [4.78, 5) is 41.8. The number of carbonyl (C=O) groups is 1. The zero-order valence-electron chi connectivity index (χ0n) is 19.7. The molecule has 0 bridgehead atoms. The summed E-state index contributed by atoms with van der Waals surface area (Å²) in [6.07, 6.45) is 1.45. The van der Waals surface area contributed by atoms with Gasteiger partial charge in [-0.3, -0.25) is 13.9 Å². The number of nitrogens with one attached hydrogen (secondary N) is 1. The highest BCUT2D eigenvalue weighted by atomic mass is 16.4. The molecule has 0 amide bonds. The van der Waals surface area contributed by atoms with E-state index in [9.17, 15) is 19.5 Å². The number of nitrogens with zero attached hydrogens (tertiary/aromatic N) is 5. The number of hydrazone groups is 1. The van der Waals surface area contributed by atoms with Crippen LogP contribution in [0.4, 0.5) is 5.95 Å². The molecule has 0 unspecified atom stereocenters. The second kappa shape index (κ2) is 9.80. The first-order chi connectivity index (χ1) is 16.8. The predicted octanol–water partition coefficient (Wildman–Crippen LogP) is 2.28. The SMILES string of the molecule is Cc1ccc(C(=NNc2nc3c(c(=O)n(C)c(=O)n3C)n2CCCc2ccccc2)C(=O)O)cc1. The minimum absolute atomic E-state index is 0.178. The van der Waals surface area contributed by atoms with Crippen molar-refractivity contribution in [2.24, 2.45) is 19.2 Å². The normalized spacial score (nSPS) is 11.7. The van der Waals surface area contributed by atoms with E-state index in [0.29, 0.717) is 18.5 Å². The van der Waals surface area contributed by atoms with Crippen molar-refractivity contribution in [3.8, 4) is 0 Å². The first-order valence-corrected chi connectivity index (χ1v) is 11.1.